The molecule has 2 rings (SSSR count). The summed E-state index contributed by atoms with van der Waals surface area (Å²) in [4.78, 5) is 13.4. The van der Waals surface area contributed by atoms with Crippen molar-refractivity contribution in [3.63, 3.8) is 0 Å². The monoisotopic (exact) mass is 355 g/mol. The lowest BCUT2D eigenvalue weighted by atomic mass is 10.1. The highest BCUT2D eigenvalue weighted by Crippen LogP contribution is 2.26. The number of nitrogens with zero attached hydrogens (tertiary/aromatic N) is 1. The zero-order chi connectivity index (χ0) is 18.0. The molecule has 0 aliphatic carbocycles. The molecule has 1 fully saturated rings. The van der Waals surface area contributed by atoms with Crippen molar-refractivity contribution in [3.8, 4) is 0 Å². The lowest BCUT2D eigenvalue weighted by Crippen LogP contribution is -2.35. The van der Waals surface area contributed by atoms with E-state index in [1.165, 1.54) is 17.0 Å². The first kappa shape index (κ1) is 18.4. The minimum Gasteiger partial charge on any atom is -0.444 e. The molecule has 1 amide bonds. The number of carbonyl (C=O) groups excluding carboxylic acids is 1. The van der Waals surface area contributed by atoms with Crippen LogP contribution in [0.25, 0.3) is 0 Å². The third-order valence-electron chi connectivity index (χ3n) is 3.55. The van der Waals surface area contributed by atoms with Crippen LogP contribution in [-0.2, 0) is 14.6 Å². The number of carbonyl (C=O) groups is 1. The molecule has 24 heavy (non-hydrogen) atoms. The van der Waals surface area contributed by atoms with Crippen LogP contribution in [0.5, 0.6) is 0 Å². The second-order valence-electron chi connectivity index (χ2n) is 6.76. The van der Waals surface area contributed by atoms with Crippen molar-refractivity contribution >= 4 is 15.9 Å². The van der Waals surface area contributed by atoms with Crippen molar-refractivity contribution in [1.29, 1.82) is 0 Å². The standard InChI is InChI=1S/C17H22FNO4S/c1-17(2,3)23-16(20)19-10-9-13(12-19)11-15(18)24(21,22)14-7-5-4-6-8-14/h4-8,11,13H,9-10,12H2,1-3H3/b15-11+. The number of benzene rings is 1. The Balaban J connectivity index is 2.06. The van der Waals surface area contributed by atoms with Gasteiger partial charge in [-0.1, -0.05) is 18.2 Å². The van der Waals surface area contributed by atoms with Crippen LogP contribution in [0.2, 0.25) is 0 Å². The smallest absolute Gasteiger partial charge is 0.410 e. The van der Waals surface area contributed by atoms with E-state index in [9.17, 15) is 17.6 Å². The van der Waals surface area contributed by atoms with Gasteiger partial charge in [0.05, 0.1) is 4.90 Å². The number of hydrogen-bond acceptors (Lipinski definition) is 4. The summed E-state index contributed by atoms with van der Waals surface area (Å²) in [7, 11) is -4.13. The molecule has 1 unspecified atom stereocenters. The first-order chi connectivity index (χ1) is 11.1. The Kier molecular flexibility index (Phi) is 5.32. The van der Waals surface area contributed by atoms with Crippen molar-refractivity contribution in [2.45, 2.75) is 37.7 Å². The fourth-order valence-electron chi connectivity index (χ4n) is 2.40. The van der Waals surface area contributed by atoms with Gasteiger partial charge in [-0.25, -0.2) is 13.2 Å². The second kappa shape index (κ2) is 6.93. The SMILES string of the molecule is CC(C)(C)OC(=O)N1CCC(/C=C(\F)S(=O)(=O)c2ccccc2)C1. The average Bonchev–Trinajstić information content (AvgIpc) is 2.95. The molecule has 1 saturated heterocycles. The molecule has 132 valence electrons. The maximum atomic E-state index is 14.3. The first-order valence-electron chi connectivity index (χ1n) is 7.75. The van der Waals surface area contributed by atoms with Crippen LogP contribution in [0.4, 0.5) is 9.18 Å². The highest BCUT2D eigenvalue weighted by Gasteiger charge is 2.30. The van der Waals surface area contributed by atoms with E-state index in [2.05, 4.69) is 0 Å². The van der Waals surface area contributed by atoms with Crippen LogP contribution >= 0.6 is 0 Å². The first-order valence-corrected chi connectivity index (χ1v) is 9.23. The highest BCUT2D eigenvalue weighted by molar-refractivity contribution is 7.95. The third-order valence-corrected chi connectivity index (χ3v) is 5.10. The molecule has 0 spiro atoms. The maximum Gasteiger partial charge on any atom is 0.410 e. The van der Waals surface area contributed by atoms with E-state index < -0.39 is 26.7 Å². The minimum atomic E-state index is -4.13. The van der Waals surface area contributed by atoms with E-state index in [-0.39, 0.29) is 17.4 Å². The summed E-state index contributed by atoms with van der Waals surface area (Å²) in [6, 6.07) is 7.45. The summed E-state index contributed by atoms with van der Waals surface area (Å²) >= 11 is 0. The molecular weight excluding hydrogens is 333 g/mol. The fourth-order valence-corrected chi connectivity index (χ4v) is 3.51. The highest BCUT2D eigenvalue weighted by atomic mass is 32.2. The Labute approximate surface area is 142 Å². The van der Waals surface area contributed by atoms with E-state index in [1.54, 1.807) is 39.0 Å². The number of halogens is 1. The Hall–Kier alpha value is -1.89. The Bertz CT molecular complexity index is 723. The van der Waals surface area contributed by atoms with E-state index in [1.807, 2.05) is 0 Å². The molecule has 1 aromatic rings. The van der Waals surface area contributed by atoms with Gasteiger partial charge in [-0.2, -0.15) is 4.39 Å². The van der Waals surface area contributed by atoms with Gasteiger partial charge in [0.25, 0.3) is 0 Å². The maximum absolute atomic E-state index is 14.3. The molecule has 0 aromatic heterocycles. The largest absolute Gasteiger partial charge is 0.444 e. The van der Waals surface area contributed by atoms with E-state index in [4.69, 9.17) is 4.74 Å². The van der Waals surface area contributed by atoms with Crippen LogP contribution in [0.1, 0.15) is 27.2 Å². The number of rotatable bonds is 3. The second-order valence-corrected chi connectivity index (χ2v) is 8.63. The normalized spacial score (nSPS) is 19.4. The van der Waals surface area contributed by atoms with Gasteiger partial charge in [0.15, 0.2) is 0 Å². The molecule has 1 atom stereocenters. The lowest BCUT2D eigenvalue weighted by Gasteiger charge is -2.24. The Morgan fingerprint density at radius 1 is 1.29 bits per heavy atom. The van der Waals surface area contributed by atoms with Gasteiger partial charge in [0, 0.05) is 19.0 Å². The summed E-state index contributed by atoms with van der Waals surface area (Å²) in [5, 5.41) is -1.18. The summed E-state index contributed by atoms with van der Waals surface area (Å²) in [5.41, 5.74) is -0.604. The van der Waals surface area contributed by atoms with Gasteiger partial charge < -0.3 is 9.64 Å². The van der Waals surface area contributed by atoms with Gasteiger partial charge in [-0.15, -0.1) is 0 Å². The summed E-state index contributed by atoms with van der Waals surface area (Å²) in [5.74, 6) is -0.351. The molecule has 1 heterocycles. The predicted molar refractivity (Wildman–Crippen MR) is 88.7 cm³/mol. The van der Waals surface area contributed by atoms with Gasteiger partial charge in [0.2, 0.25) is 15.0 Å². The van der Waals surface area contributed by atoms with Gasteiger partial charge in [0.1, 0.15) is 5.60 Å². The van der Waals surface area contributed by atoms with Crippen molar-refractivity contribution in [2.75, 3.05) is 13.1 Å². The van der Waals surface area contributed by atoms with Crippen molar-refractivity contribution in [1.82, 2.24) is 4.90 Å². The Morgan fingerprint density at radius 2 is 1.92 bits per heavy atom. The number of amides is 1. The van der Waals surface area contributed by atoms with E-state index in [0.29, 0.717) is 13.0 Å². The molecule has 7 heteroatoms. The lowest BCUT2D eigenvalue weighted by molar-refractivity contribution is 0.0291. The van der Waals surface area contributed by atoms with Gasteiger partial charge in [-0.05, 0) is 45.4 Å². The van der Waals surface area contributed by atoms with Crippen LogP contribution in [-0.4, -0.2) is 38.1 Å². The van der Waals surface area contributed by atoms with Crippen LogP contribution in [0.15, 0.2) is 46.5 Å². The Morgan fingerprint density at radius 3 is 2.50 bits per heavy atom. The molecule has 0 N–H and O–H groups in total. The van der Waals surface area contributed by atoms with E-state index >= 15 is 0 Å². The summed E-state index contributed by atoms with van der Waals surface area (Å²) in [6.07, 6.45) is 1.12. The molecule has 1 aliphatic rings. The molecule has 0 radical (unpaired) electrons. The molecular formula is C17H22FNO4S. The summed E-state index contributed by atoms with van der Waals surface area (Å²) in [6.45, 7) is 5.96. The van der Waals surface area contributed by atoms with Crippen LogP contribution in [0.3, 0.4) is 0 Å². The topological polar surface area (TPSA) is 63.7 Å². The molecule has 1 aliphatic heterocycles. The summed E-state index contributed by atoms with van der Waals surface area (Å²) < 4.78 is 43.9. The zero-order valence-electron chi connectivity index (χ0n) is 14.0. The van der Waals surface area contributed by atoms with Crippen molar-refractivity contribution in [3.05, 3.63) is 41.6 Å². The van der Waals surface area contributed by atoms with Gasteiger partial charge >= 0.3 is 6.09 Å². The molecule has 0 saturated carbocycles. The third kappa shape index (κ3) is 4.56. The fraction of sp³-hybridized carbons (Fsp3) is 0.471. The van der Waals surface area contributed by atoms with Crippen LogP contribution < -0.4 is 0 Å². The molecule has 1 aromatic carbocycles. The number of likely N-dealkylation sites (tertiary alicyclic amines) is 1. The predicted octanol–water partition coefficient (Wildman–Crippen LogP) is 3.53. The number of sulfone groups is 1. The number of hydrogen-bond donors (Lipinski definition) is 0. The van der Waals surface area contributed by atoms with Crippen LogP contribution in [0, 0.1) is 5.92 Å². The average molecular weight is 355 g/mol. The zero-order valence-corrected chi connectivity index (χ0v) is 14.8. The van der Waals surface area contributed by atoms with Crippen molar-refractivity contribution in [2.24, 2.45) is 5.92 Å². The van der Waals surface area contributed by atoms with E-state index in [0.717, 1.165) is 6.08 Å². The van der Waals surface area contributed by atoms with Crippen molar-refractivity contribution < 1.29 is 22.3 Å². The van der Waals surface area contributed by atoms with Gasteiger partial charge in [-0.3, -0.25) is 0 Å². The number of ether oxygens (including phenoxy) is 1. The minimum absolute atomic E-state index is 0.0826. The molecule has 0 bridgehead atoms. The quantitative estimate of drug-likeness (QED) is 0.832. The molecule has 5 nitrogen and oxygen atoms in total.